The zero-order valence-electron chi connectivity index (χ0n) is 21.1. The highest BCUT2D eigenvalue weighted by Crippen LogP contribution is 2.39. The van der Waals surface area contributed by atoms with Crippen molar-refractivity contribution in [1.29, 1.82) is 0 Å². The van der Waals surface area contributed by atoms with Crippen molar-refractivity contribution >= 4 is 39.6 Å². The molecule has 1 aromatic carbocycles. The largest absolute Gasteiger partial charge is 0.462 e. The van der Waals surface area contributed by atoms with Gasteiger partial charge in [-0.05, 0) is 43.0 Å². The van der Waals surface area contributed by atoms with Crippen LogP contribution in [0.15, 0.2) is 30.3 Å². The molecular weight excluding hydrogens is 578 g/mol. The Kier molecular flexibility index (Phi) is 13.8. The fourth-order valence-electron chi connectivity index (χ4n) is 3.29. The highest BCUT2D eigenvalue weighted by molar-refractivity contribution is 8.77. The Morgan fingerprint density at radius 2 is 1.52 bits per heavy atom. The summed E-state index contributed by atoms with van der Waals surface area (Å²) < 4.78 is 10.3. The Hall–Kier alpha value is -3.80. The number of carbonyl (C=O) groups is 2. The van der Waals surface area contributed by atoms with Crippen LogP contribution < -0.4 is 4.74 Å². The fraction of sp³-hybridized carbons (Fsp3) is 0.545. The minimum absolute atomic E-state index is 0.311. The SMILES string of the molecule is O=C(C=Cc1ccc(OC(=O)CCCC[C@@H]2CCSS2)cc1)OCC(CO[N+](=O)[O-])(CO[N+](=O)[O-])CO[N+](=O)[O-]. The Labute approximate surface area is 235 Å². The van der Waals surface area contributed by atoms with Gasteiger partial charge < -0.3 is 24.0 Å². The summed E-state index contributed by atoms with van der Waals surface area (Å²) in [4.78, 5) is 68.6. The van der Waals surface area contributed by atoms with E-state index >= 15 is 0 Å². The maximum absolute atomic E-state index is 12.2. The molecule has 1 fully saturated rings. The second-order valence-electron chi connectivity index (χ2n) is 8.55. The Morgan fingerprint density at radius 1 is 0.925 bits per heavy atom. The van der Waals surface area contributed by atoms with Crippen molar-refractivity contribution in [2.45, 2.75) is 37.4 Å². The lowest BCUT2D eigenvalue weighted by molar-refractivity contribution is -0.782. The maximum Gasteiger partial charge on any atom is 0.330 e. The molecule has 0 aliphatic carbocycles. The quantitative estimate of drug-likeness (QED) is 0.0420. The molecule has 220 valence electrons. The third-order valence-corrected chi connectivity index (χ3v) is 8.36. The first-order chi connectivity index (χ1) is 19.1. The van der Waals surface area contributed by atoms with Gasteiger partial charge in [0.1, 0.15) is 32.2 Å². The van der Waals surface area contributed by atoms with E-state index in [1.807, 2.05) is 21.6 Å². The van der Waals surface area contributed by atoms with Gasteiger partial charge in [-0.1, -0.05) is 40.1 Å². The molecule has 1 aliphatic heterocycles. The Bertz CT molecular complexity index is 1000. The van der Waals surface area contributed by atoms with E-state index in [0.717, 1.165) is 25.3 Å². The Balaban J connectivity index is 1.86. The van der Waals surface area contributed by atoms with E-state index in [9.17, 15) is 39.9 Å². The first kappa shape index (κ1) is 32.4. The molecule has 0 bridgehead atoms. The molecule has 1 atom stereocenters. The number of hydrogen-bond donors (Lipinski definition) is 0. The summed E-state index contributed by atoms with van der Waals surface area (Å²) in [7, 11) is 3.79. The van der Waals surface area contributed by atoms with Crippen LogP contribution in [0.3, 0.4) is 0 Å². The maximum atomic E-state index is 12.2. The Morgan fingerprint density at radius 3 is 2.05 bits per heavy atom. The van der Waals surface area contributed by atoms with Crippen LogP contribution in [0.5, 0.6) is 5.75 Å². The molecule has 0 unspecified atom stereocenters. The summed E-state index contributed by atoms with van der Waals surface area (Å²) in [6.07, 6.45) is 6.65. The van der Waals surface area contributed by atoms with Crippen molar-refractivity contribution in [3.8, 4) is 5.75 Å². The zero-order chi connectivity index (χ0) is 29.4. The topological polar surface area (TPSA) is 210 Å². The summed E-state index contributed by atoms with van der Waals surface area (Å²) in [5.41, 5.74) is -1.42. The number of benzene rings is 1. The number of hydrogen-bond acceptors (Lipinski definition) is 15. The van der Waals surface area contributed by atoms with Crippen LogP contribution in [0.2, 0.25) is 0 Å². The molecule has 0 amide bonds. The van der Waals surface area contributed by atoms with Gasteiger partial charge in [0.2, 0.25) is 0 Å². The van der Waals surface area contributed by atoms with Gasteiger partial charge in [0.15, 0.2) is 0 Å². The number of carbonyl (C=O) groups excluding carboxylic acids is 2. The number of esters is 2. The van der Waals surface area contributed by atoms with E-state index in [1.54, 1.807) is 24.3 Å². The van der Waals surface area contributed by atoms with Gasteiger partial charge in [-0.3, -0.25) is 4.79 Å². The van der Waals surface area contributed by atoms with Crippen molar-refractivity contribution in [2.24, 2.45) is 5.41 Å². The minimum atomic E-state index is -1.95. The molecule has 2 rings (SSSR count). The predicted octanol–water partition coefficient (Wildman–Crippen LogP) is 3.47. The zero-order valence-corrected chi connectivity index (χ0v) is 22.7. The molecule has 0 N–H and O–H groups in total. The smallest absolute Gasteiger partial charge is 0.330 e. The van der Waals surface area contributed by atoms with E-state index in [4.69, 9.17) is 9.47 Å². The lowest BCUT2D eigenvalue weighted by Crippen LogP contribution is -2.43. The van der Waals surface area contributed by atoms with Crippen LogP contribution in [-0.4, -0.2) is 64.6 Å². The van der Waals surface area contributed by atoms with Crippen LogP contribution in [0.25, 0.3) is 6.08 Å². The van der Waals surface area contributed by atoms with Crippen LogP contribution in [0.4, 0.5) is 0 Å². The van der Waals surface area contributed by atoms with E-state index in [-0.39, 0.29) is 5.97 Å². The summed E-state index contributed by atoms with van der Waals surface area (Å²) in [6, 6.07) is 6.23. The fourth-order valence-corrected chi connectivity index (χ4v) is 6.32. The monoisotopic (exact) mass is 605 g/mol. The average Bonchev–Trinajstić information content (AvgIpc) is 3.43. The van der Waals surface area contributed by atoms with Crippen LogP contribution in [0.1, 0.15) is 37.7 Å². The van der Waals surface area contributed by atoms with Gasteiger partial charge in [-0.15, -0.1) is 30.3 Å². The molecule has 18 heteroatoms. The highest BCUT2D eigenvalue weighted by Gasteiger charge is 2.37. The van der Waals surface area contributed by atoms with Crippen LogP contribution >= 0.6 is 21.6 Å². The first-order valence-corrected chi connectivity index (χ1v) is 14.2. The number of nitrogens with zero attached hydrogens (tertiary/aromatic N) is 3. The van der Waals surface area contributed by atoms with E-state index in [1.165, 1.54) is 18.2 Å². The van der Waals surface area contributed by atoms with Gasteiger partial charge in [0.25, 0.3) is 15.3 Å². The lowest BCUT2D eigenvalue weighted by Gasteiger charge is -2.29. The van der Waals surface area contributed by atoms with E-state index in [0.29, 0.717) is 23.0 Å². The van der Waals surface area contributed by atoms with E-state index < -0.39 is 53.1 Å². The van der Waals surface area contributed by atoms with Crippen molar-refractivity contribution in [2.75, 3.05) is 32.2 Å². The summed E-state index contributed by atoms with van der Waals surface area (Å²) in [5, 5.41) is 28.7. The molecule has 40 heavy (non-hydrogen) atoms. The van der Waals surface area contributed by atoms with Gasteiger partial charge in [-0.25, -0.2) is 4.79 Å². The summed E-state index contributed by atoms with van der Waals surface area (Å²) in [5.74, 6) is 0.193. The molecule has 1 heterocycles. The highest BCUT2D eigenvalue weighted by atomic mass is 33.1. The lowest BCUT2D eigenvalue weighted by atomic mass is 9.92. The molecule has 0 radical (unpaired) electrons. The second-order valence-corrected chi connectivity index (χ2v) is 11.3. The van der Waals surface area contributed by atoms with Crippen LogP contribution in [0, 0.1) is 35.8 Å². The van der Waals surface area contributed by atoms with Gasteiger partial charge in [-0.2, -0.15) is 0 Å². The molecule has 1 aromatic rings. The molecule has 0 spiro atoms. The average molecular weight is 606 g/mol. The molecule has 0 aromatic heterocycles. The second kappa shape index (κ2) is 17.0. The van der Waals surface area contributed by atoms with Crippen molar-refractivity contribution in [3.05, 3.63) is 66.2 Å². The normalized spacial score (nSPS) is 14.8. The van der Waals surface area contributed by atoms with Gasteiger partial charge >= 0.3 is 11.9 Å². The summed E-state index contributed by atoms with van der Waals surface area (Å²) >= 11 is 0. The van der Waals surface area contributed by atoms with Gasteiger partial charge in [0, 0.05) is 23.5 Å². The molecule has 0 saturated carbocycles. The third-order valence-electron chi connectivity index (χ3n) is 5.36. The third kappa shape index (κ3) is 13.3. The molecule has 16 nitrogen and oxygen atoms in total. The van der Waals surface area contributed by atoms with Crippen molar-refractivity contribution in [3.63, 3.8) is 0 Å². The first-order valence-electron chi connectivity index (χ1n) is 11.8. The van der Waals surface area contributed by atoms with Crippen LogP contribution in [-0.2, 0) is 28.8 Å². The molecule has 1 aliphatic rings. The molecule has 1 saturated heterocycles. The standard InChI is InChI=1S/C22H27N3O13S2/c26-20(34-13-22(14-35-23(28)29,15-36-24(30)31)16-37-25(32)33)10-7-17-5-8-18(9-6-17)38-21(27)4-2-1-3-19-11-12-39-40-19/h5-10,19H,1-4,11-16H2/t19-/m1/s1. The minimum Gasteiger partial charge on any atom is -0.462 e. The van der Waals surface area contributed by atoms with E-state index in [2.05, 4.69) is 14.5 Å². The number of ether oxygens (including phenoxy) is 2. The summed E-state index contributed by atoms with van der Waals surface area (Å²) in [6.45, 7) is -3.69. The van der Waals surface area contributed by atoms with Gasteiger partial charge in [0.05, 0.1) is 5.41 Å². The number of unbranched alkanes of at least 4 members (excludes halogenated alkanes) is 1. The molecular formula is C22H27N3O13S2. The van der Waals surface area contributed by atoms with Crippen molar-refractivity contribution in [1.82, 2.24) is 0 Å². The predicted molar refractivity (Wildman–Crippen MR) is 140 cm³/mol. The number of rotatable bonds is 19. The van der Waals surface area contributed by atoms with Crippen molar-refractivity contribution < 1.29 is 48.8 Å².